The molecule has 5 nitrogen and oxygen atoms in total. The van der Waals surface area contributed by atoms with Gasteiger partial charge in [-0.3, -0.25) is 9.78 Å². The summed E-state index contributed by atoms with van der Waals surface area (Å²) in [7, 11) is 0. The lowest BCUT2D eigenvalue weighted by Gasteiger charge is -2.31. The quantitative estimate of drug-likeness (QED) is 0.745. The van der Waals surface area contributed by atoms with Gasteiger partial charge in [-0.05, 0) is 38.0 Å². The highest BCUT2D eigenvalue weighted by Crippen LogP contribution is 2.40. The van der Waals surface area contributed by atoms with E-state index in [1.165, 1.54) is 6.07 Å². The van der Waals surface area contributed by atoms with Gasteiger partial charge >= 0.3 is 0 Å². The van der Waals surface area contributed by atoms with Gasteiger partial charge in [0.25, 0.3) is 5.91 Å². The first kappa shape index (κ1) is 17.4. The van der Waals surface area contributed by atoms with Crippen molar-refractivity contribution in [2.75, 3.05) is 0 Å². The fourth-order valence-corrected chi connectivity index (χ4v) is 3.92. The highest BCUT2D eigenvalue weighted by molar-refractivity contribution is 6.01. The van der Waals surface area contributed by atoms with E-state index in [-0.39, 0.29) is 11.7 Å². The average molecular weight is 365 g/mol. The van der Waals surface area contributed by atoms with Crippen molar-refractivity contribution in [2.24, 2.45) is 0 Å². The van der Waals surface area contributed by atoms with Gasteiger partial charge in [0, 0.05) is 23.5 Å². The zero-order chi connectivity index (χ0) is 18.9. The van der Waals surface area contributed by atoms with Crippen LogP contribution in [0.3, 0.4) is 0 Å². The Hall–Kier alpha value is -3.02. The fraction of sp³-hybridized carbons (Fsp3) is 0.286. The standard InChI is InChI=1S/C21H20FN3O2/c1-14-18(19(25-27-14)15-8-12-23-13-9-15)20(26)24-21(10-4-5-11-21)16-6-2-3-7-17(16)22/h2-3,6-9,12-13H,4-5,10-11H2,1H3,(H,24,26). The van der Waals surface area contributed by atoms with Crippen molar-refractivity contribution in [1.29, 1.82) is 0 Å². The van der Waals surface area contributed by atoms with Gasteiger partial charge in [0.2, 0.25) is 0 Å². The zero-order valence-electron chi connectivity index (χ0n) is 15.0. The number of pyridine rings is 1. The molecule has 1 aliphatic carbocycles. The Balaban J connectivity index is 1.72. The van der Waals surface area contributed by atoms with Crippen LogP contribution < -0.4 is 5.32 Å². The zero-order valence-corrected chi connectivity index (χ0v) is 15.0. The monoisotopic (exact) mass is 365 g/mol. The Kier molecular flexibility index (Phi) is 4.48. The van der Waals surface area contributed by atoms with Gasteiger partial charge in [-0.2, -0.15) is 0 Å². The first-order chi connectivity index (χ1) is 13.1. The number of hydrogen-bond donors (Lipinski definition) is 1. The van der Waals surface area contributed by atoms with Gasteiger partial charge in [0.15, 0.2) is 0 Å². The summed E-state index contributed by atoms with van der Waals surface area (Å²) in [4.78, 5) is 17.2. The average Bonchev–Trinajstić information content (AvgIpc) is 3.30. The number of benzene rings is 1. The molecule has 1 amide bonds. The molecule has 0 unspecified atom stereocenters. The lowest BCUT2D eigenvalue weighted by molar-refractivity contribution is 0.0895. The van der Waals surface area contributed by atoms with Gasteiger partial charge in [-0.15, -0.1) is 0 Å². The molecule has 0 radical (unpaired) electrons. The maximum Gasteiger partial charge on any atom is 0.257 e. The van der Waals surface area contributed by atoms with Crippen molar-refractivity contribution in [2.45, 2.75) is 38.1 Å². The van der Waals surface area contributed by atoms with Crippen LogP contribution in [0.4, 0.5) is 4.39 Å². The van der Waals surface area contributed by atoms with E-state index >= 15 is 0 Å². The highest BCUT2D eigenvalue weighted by atomic mass is 19.1. The van der Waals surface area contributed by atoms with Gasteiger partial charge < -0.3 is 9.84 Å². The molecule has 1 fully saturated rings. The van der Waals surface area contributed by atoms with Crippen molar-refractivity contribution in [1.82, 2.24) is 15.5 Å². The van der Waals surface area contributed by atoms with Crippen molar-refractivity contribution in [3.63, 3.8) is 0 Å². The second-order valence-corrected chi connectivity index (χ2v) is 6.92. The van der Waals surface area contributed by atoms with Gasteiger partial charge in [0.1, 0.15) is 22.8 Å². The van der Waals surface area contributed by atoms with Gasteiger partial charge in [0.05, 0.1) is 5.54 Å². The summed E-state index contributed by atoms with van der Waals surface area (Å²) in [6, 6.07) is 10.2. The minimum absolute atomic E-state index is 0.295. The summed E-state index contributed by atoms with van der Waals surface area (Å²) in [5.74, 6) is -0.164. The molecule has 0 saturated heterocycles. The molecule has 0 aliphatic heterocycles. The third kappa shape index (κ3) is 3.12. The van der Waals surface area contributed by atoms with Crippen LogP contribution in [0.1, 0.15) is 47.4 Å². The van der Waals surface area contributed by atoms with Crippen LogP contribution in [0.25, 0.3) is 11.3 Å². The summed E-state index contributed by atoms with van der Waals surface area (Å²) in [6.45, 7) is 1.71. The number of halogens is 1. The molecular formula is C21H20FN3O2. The van der Waals surface area contributed by atoms with Crippen LogP contribution in [0.5, 0.6) is 0 Å². The molecule has 27 heavy (non-hydrogen) atoms. The highest BCUT2D eigenvalue weighted by Gasteiger charge is 2.40. The van der Waals surface area contributed by atoms with E-state index in [0.29, 0.717) is 35.4 Å². The van der Waals surface area contributed by atoms with E-state index in [0.717, 1.165) is 18.4 Å². The predicted octanol–water partition coefficient (Wildman–Crippen LogP) is 4.38. The number of nitrogens with one attached hydrogen (secondary N) is 1. The molecule has 1 N–H and O–H groups in total. The van der Waals surface area contributed by atoms with Crippen molar-refractivity contribution in [3.8, 4) is 11.3 Å². The smallest absolute Gasteiger partial charge is 0.257 e. The third-order valence-electron chi connectivity index (χ3n) is 5.24. The lowest BCUT2D eigenvalue weighted by Crippen LogP contribution is -2.44. The molecule has 4 rings (SSSR count). The van der Waals surface area contributed by atoms with Crippen molar-refractivity contribution >= 4 is 5.91 Å². The maximum atomic E-state index is 14.5. The number of aryl methyl sites for hydroxylation is 1. The first-order valence-electron chi connectivity index (χ1n) is 9.05. The maximum absolute atomic E-state index is 14.5. The SMILES string of the molecule is Cc1onc(-c2ccncc2)c1C(=O)NC1(c2ccccc2F)CCCC1. The predicted molar refractivity (Wildman–Crippen MR) is 98.5 cm³/mol. The molecule has 2 aromatic heterocycles. The number of aromatic nitrogens is 2. The summed E-state index contributed by atoms with van der Waals surface area (Å²) in [6.07, 6.45) is 6.56. The van der Waals surface area contributed by atoms with E-state index in [9.17, 15) is 9.18 Å². The Morgan fingerprint density at radius 1 is 1.15 bits per heavy atom. The minimum Gasteiger partial charge on any atom is -0.360 e. The van der Waals surface area contributed by atoms with Crippen molar-refractivity contribution in [3.05, 3.63) is 71.5 Å². The largest absolute Gasteiger partial charge is 0.360 e. The number of amides is 1. The molecular weight excluding hydrogens is 345 g/mol. The molecule has 138 valence electrons. The van der Waals surface area contributed by atoms with Gasteiger partial charge in [-0.25, -0.2) is 4.39 Å². The minimum atomic E-state index is -0.707. The number of hydrogen-bond acceptors (Lipinski definition) is 4. The molecule has 0 spiro atoms. The Morgan fingerprint density at radius 2 is 1.85 bits per heavy atom. The summed E-state index contributed by atoms with van der Waals surface area (Å²) < 4.78 is 19.8. The van der Waals surface area contributed by atoms with Crippen LogP contribution in [0.15, 0.2) is 53.3 Å². The number of carbonyl (C=O) groups excluding carboxylic acids is 1. The number of rotatable bonds is 4. The number of nitrogens with zero attached hydrogens (tertiary/aromatic N) is 2. The van der Waals surface area contributed by atoms with Crippen LogP contribution in [0, 0.1) is 12.7 Å². The topological polar surface area (TPSA) is 68.0 Å². The Bertz CT molecular complexity index is 963. The molecule has 0 bridgehead atoms. The van der Waals surface area contributed by atoms with E-state index in [4.69, 9.17) is 4.52 Å². The summed E-state index contributed by atoms with van der Waals surface area (Å²) in [5.41, 5.74) is 1.42. The Labute approximate surface area is 156 Å². The van der Waals surface area contributed by atoms with Crippen LogP contribution in [-0.2, 0) is 5.54 Å². The van der Waals surface area contributed by atoms with E-state index in [1.54, 1.807) is 49.6 Å². The fourth-order valence-electron chi connectivity index (χ4n) is 3.92. The lowest BCUT2D eigenvalue weighted by atomic mass is 9.87. The summed E-state index contributed by atoms with van der Waals surface area (Å²) >= 11 is 0. The molecule has 1 aliphatic rings. The van der Waals surface area contributed by atoms with E-state index in [2.05, 4.69) is 15.5 Å². The van der Waals surface area contributed by atoms with Crippen LogP contribution in [0.2, 0.25) is 0 Å². The van der Waals surface area contributed by atoms with Gasteiger partial charge in [-0.1, -0.05) is 36.2 Å². The summed E-state index contributed by atoms with van der Waals surface area (Å²) in [5, 5.41) is 7.17. The van der Waals surface area contributed by atoms with Crippen LogP contribution in [-0.4, -0.2) is 16.0 Å². The molecule has 1 aromatic carbocycles. The normalized spacial score (nSPS) is 15.6. The molecule has 0 atom stereocenters. The first-order valence-corrected chi connectivity index (χ1v) is 9.05. The van der Waals surface area contributed by atoms with Crippen LogP contribution >= 0.6 is 0 Å². The third-order valence-corrected chi connectivity index (χ3v) is 5.24. The molecule has 2 heterocycles. The van der Waals surface area contributed by atoms with E-state index < -0.39 is 5.54 Å². The second kappa shape index (κ2) is 6.95. The molecule has 3 aromatic rings. The second-order valence-electron chi connectivity index (χ2n) is 6.92. The number of carbonyl (C=O) groups is 1. The van der Waals surface area contributed by atoms with E-state index in [1.807, 2.05) is 0 Å². The van der Waals surface area contributed by atoms with Crippen molar-refractivity contribution < 1.29 is 13.7 Å². The Morgan fingerprint density at radius 3 is 2.56 bits per heavy atom. The molecule has 6 heteroatoms. The molecule has 1 saturated carbocycles.